The molecule has 1 amide bonds. The standard InChI is InChI=1S/C13H17N3OS/c1-16(2)13(18)14-10-7-6-9-4-3-5-12(17)15-11(9)8-10/h6-8H,3-5H2,1-2H3,(H,14,18)(H,15,17). The summed E-state index contributed by atoms with van der Waals surface area (Å²) in [5, 5.41) is 6.71. The van der Waals surface area contributed by atoms with E-state index in [9.17, 15) is 4.79 Å². The molecule has 0 aromatic heterocycles. The van der Waals surface area contributed by atoms with Crippen molar-refractivity contribution < 1.29 is 4.79 Å². The van der Waals surface area contributed by atoms with Gasteiger partial charge >= 0.3 is 0 Å². The molecule has 0 saturated heterocycles. The van der Waals surface area contributed by atoms with Crippen LogP contribution < -0.4 is 10.6 Å². The molecule has 0 spiro atoms. The molecule has 0 aliphatic carbocycles. The molecule has 0 atom stereocenters. The molecule has 0 unspecified atom stereocenters. The number of thiocarbonyl (C=S) groups is 1. The minimum atomic E-state index is 0.0843. The molecule has 1 aromatic carbocycles. The molecule has 1 aromatic rings. The fraction of sp³-hybridized carbons (Fsp3) is 0.385. The number of fused-ring (bicyclic) bond motifs is 1. The van der Waals surface area contributed by atoms with E-state index in [-0.39, 0.29) is 5.91 Å². The molecule has 0 fully saturated rings. The molecular weight excluding hydrogens is 246 g/mol. The molecule has 18 heavy (non-hydrogen) atoms. The van der Waals surface area contributed by atoms with E-state index in [0.717, 1.165) is 24.2 Å². The van der Waals surface area contributed by atoms with E-state index in [0.29, 0.717) is 11.5 Å². The smallest absolute Gasteiger partial charge is 0.224 e. The molecule has 0 radical (unpaired) electrons. The van der Waals surface area contributed by atoms with Crippen molar-refractivity contribution in [3.05, 3.63) is 23.8 Å². The molecule has 2 rings (SSSR count). The molecule has 1 aliphatic heterocycles. The summed E-state index contributed by atoms with van der Waals surface area (Å²) in [6, 6.07) is 5.97. The second-order valence-electron chi connectivity index (χ2n) is 4.60. The van der Waals surface area contributed by atoms with Crippen molar-refractivity contribution in [1.29, 1.82) is 0 Å². The number of benzene rings is 1. The summed E-state index contributed by atoms with van der Waals surface area (Å²) in [6.45, 7) is 0. The molecule has 1 heterocycles. The van der Waals surface area contributed by atoms with Gasteiger partial charge in [-0.05, 0) is 42.8 Å². The first kappa shape index (κ1) is 12.8. The maximum absolute atomic E-state index is 11.5. The van der Waals surface area contributed by atoms with Gasteiger partial charge in [-0.3, -0.25) is 4.79 Å². The second-order valence-corrected chi connectivity index (χ2v) is 4.98. The minimum absolute atomic E-state index is 0.0843. The van der Waals surface area contributed by atoms with Crippen LogP contribution in [0, 0.1) is 0 Å². The largest absolute Gasteiger partial charge is 0.355 e. The third-order valence-corrected chi connectivity index (χ3v) is 3.36. The maximum atomic E-state index is 11.5. The Kier molecular flexibility index (Phi) is 3.81. The molecule has 0 bridgehead atoms. The number of anilines is 2. The van der Waals surface area contributed by atoms with Gasteiger partial charge in [-0.15, -0.1) is 0 Å². The summed E-state index contributed by atoms with van der Waals surface area (Å²) in [5.41, 5.74) is 2.97. The zero-order chi connectivity index (χ0) is 13.1. The second kappa shape index (κ2) is 5.35. The van der Waals surface area contributed by atoms with Crippen LogP contribution in [-0.4, -0.2) is 30.0 Å². The lowest BCUT2D eigenvalue weighted by Crippen LogP contribution is -2.27. The monoisotopic (exact) mass is 263 g/mol. The molecule has 96 valence electrons. The maximum Gasteiger partial charge on any atom is 0.224 e. The summed E-state index contributed by atoms with van der Waals surface area (Å²) in [7, 11) is 3.78. The topological polar surface area (TPSA) is 44.4 Å². The quantitative estimate of drug-likeness (QED) is 0.763. The average molecular weight is 263 g/mol. The highest BCUT2D eigenvalue weighted by Crippen LogP contribution is 2.25. The van der Waals surface area contributed by atoms with Gasteiger partial charge in [-0.1, -0.05) is 6.07 Å². The molecular formula is C13H17N3OS. The predicted molar refractivity (Wildman–Crippen MR) is 77.9 cm³/mol. The lowest BCUT2D eigenvalue weighted by molar-refractivity contribution is -0.116. The number of aryl methyl sites for hydroxylation is 1. The molecule has 2 N–H and O–H groups in total. The van der Waals surface area contributed by atoms with Crippen LogP contribution in [0.4, 0.5) is 11.4 Å². The Bertz CT molecular complexity index is 485. The molecule has 0 saturated carbocycles. The highest BCUT2D eigenvalue weighted by molar-refractivity contribution is 7.80. The van der Waals surface area contributed by atoms with E-state index in [4.69, 9.17) is 12.2 Å². The molecule has 5 heteroatoms. The van der Waals surface area contributed by atoms with Crippen LogP contribution in [0.5, 0.6) is 0 Å². The predicted octanol–water partition coefficient (Wildman–Crippen LogP) is 2.22. The van der Waals surface area contributed by atoms with Gasteiger partial charge in [0, 0.05) is 31.9 Å². The first-order chi connectivity index (χ1) is 8.56. The van der Waals surface area contributed by atoms with Gasteiger partial charge < -0.3 is 15.5 Å². The number of amides is 1. The summed E-state index contributed by atoms with van der Waals surface area (Å²) < 4.78 is 0. The van der Waals surface area contributed by atoms with Gasteiger partial charge in [0.05, 0.1) is 0 Å². The number of carbonyl (C=O) groups excluding carboxylic acids is 1. The van der Waals surface area contributed by atoms with E-state index in [1.165, 1.54) is 5.56 Å². The summed E-state index contributed by atoms with van der Waals surface area (Å²) in [5.74, 6) is 0.0843. The van der Waals surface area contributed by atoms with Crippen molar-refractivity contribution in [2.45, 2.75) is 19.3 Å². The number of hydrogen-bond donors (Lipinski definition) is 2. The van der Waals surface area contributed by atoms with Gasteiger partial charge in [-0.25, -0.2) is 0 Å². The van der Waals surface area contributed by atoms with Gasteiger partial charge in [0.1, 0.15) is 0 Å². The number of hydrogen-bond acceptors (Lipinski definition) is 2. The van der Waals surface area contributed by atoms with Crippen molar-refractivity contribution in [1.82, 2.24) is 4.90 Å². The van der Waals surface area contributed by atoms with Crippen LogP contribution in [-0.2, 0) is 11.2 Å². The third-order valence-electron chi connectivity index (χ3n) is 2.89. The Morgan fingerprint density at radius 1 is 1.39 bits per heavy atom. The molecule has 4 nitrogen and oxygen atoms in total. The van der Waals surface area contributed by atoms with Crippen LogP contribution in [0.25, 0.3) is 0 Å². The van der Waals surface area contributed by atoms with E-state index in [2.05, 4.69) is 10.6 Å². The highest BCUT2D eigenvalue weighted by Gasteiger charge is 2.13. The van der Waals surface area contributed by atoms with Crippen LogP contribution in [0.1, 0.15) is 18.4 Å². The zero-order valence-electron chi connectivity index (χ0n) is 10.6. The van der Waals surface area contributed by atoms with Crippen LogP contribution in [0.15, 0.2) is 18.2 Å². The van der Waals surface area contributed by atoms with Gasteiger partial charge in [0.15, 0.2) is 5.11 Å². The molecule has 1 aliphatic rings. The SMILES string of the molecule is CN(C)C(=S)Nc1ccc2c(c1)NC(=O)CCC2. The van der Waals surface area contributed by atoms with Crippen molar-refractivity contribution in [2.75, 3.05) is 24.7 Å². The fourth-order valence-corrected chi connectivity index (χ4v) is 1.99. The Hall–Kier alpha value is -1.62. The van der Waals surface area contributed by atoms with Gasteiger partial charge in [0.25, 0.3) is 0 Å². The Balaban J connectivity index is 2.20. The van der Waals surface area contributed by atoms with Crippen LogP contribution in [0.2, 0.25) is 0 Å². The lowest BCUT2D eigenvalue weighted by atomic mass is 10.1. The Labute approximate surface area is 112 Å². The summed E-state index contributed by atoms with van der Waals surface area (Å²) in [4.78, 5) is 13.4. The van der Waals surface area contributed by atoms with Crippen molar-refractivity contribution >= 4 is 34.6 Å². The zero-order valence-corrected chi connectivity index (χ0v) is 11.4. The summed E-state index contributed by atoms with van der Waals surface area (Å²) >= 11 is 5.19. The Morgan fingerprint density at radius 3 is 2.89 bits per heavy atom. The van der Waals surface area contributed by atoms with Crippen molar-refractivity contribution in [3.63, 3.8) is 0 Å². The Morgan fingerprint density at radius 2 is 2.17 bits per heavy atom. The van der Waals surface area contributed by atoms with Gasteiger partial charge in [-0.2, -0.15) is 0 Å². The van der Waals surface area contributed by atoms with E-state index < -0.39 is 0 Å². The van der Waals surface area contributed by atoms with Crippen molar-refractivity contribution in [2.24, 2.45) is 0 Å². The van der Waals surface area contributed by atoms with Crippen LogP contribution in [0.3, 0.4) is 0 Å². The number of nitrogens with zero attached hydrogens (tertiary/aromatic N) is 1. The van der Waals surface area contributed by atoms with Crippen LogP contribution >= 0.6 is 12.2 Å². The summed E-state index contributed by atoms with van der Waals surface area (Å²) in [6.07, 6.45) is 2.43. The average Bonchev–Trinajstić information content (AvgIpc) is 2.49. The third kappa shape index (κ3) is 2.98. The number of rotatable bonds is 1. The van der Waals surface area contributed by atoms with E-state index in [1.807, 2.05) is 37.2 Å². The lowest BCUT2D eigenvalue weighted by Gasteiger charge is -2.16. The fourth-order valence-electron chi connectivity index (χ4n) is 1.88. The highest BCUT2D eigenvalue weighted by atomic mass is 32.1. The first-order valence-electron chi connectivity index (χ1n) is 5.97. The minimum Gasteiger partial charge on any atom is -0.355 e. The number of nitrogens with one attached hydrogen (secondary N) is 2. The normalized spacial score (nSPS) is 14.2. The van der Waals surface area contributed by atoms with E-state index in [1.54, 1.807) is 0 Å². The van der Waals surface area contributed by atoms with E-state index >= 15 is 0 Å². The number of carbonyl (C=O) groups is 1. The van der Waals surface area contributed by atoms with Crippen molar-refractivity contribution in [3.8, 4) is 0 Å². The van der Waals surface area contributed by atoms with Gasteiger partial charge in [0.2, 0.25) is 5.91 Å². The first-order valence-corrected chi connectivity index (χ1v) is 6.38.